The Morgan fingerprint density at radius 1 is 1.47 bits per heavy atom. The number of nitrogens with one attached hydrogen (secondary N) is 1. The van der Waals surface area contributed by atoms with E-state index in [4.69, 9.17) is 11.6 Å². The van der Waals surface area contributed by atoms with E-state index < -0.39 is 37.5 Å². The van der Waals surface area contributed by atoms with Gasteiger partial charge in [0.1, 0.15) is 10.6 Å². The van der Waals surface area contributed by atoms with Crippen LogP contribution in [0.4, 0.5) is 8.78 Å². The van der Waals surface area contributed by atoms with Gasteiger partial charge < -0.3 is 4.98 Å². The number of aromatic nitrogens is 1. The standard InChI is InChI=1S/C6H5ClF2N2O3S/c7-2-1-11-6(15(10,13)14)3(4(2)12)5(8)9/h1,5H,(H,11,12)(H2,10,13,14). The first kappa shape index (κ1) is 12.1. The summed E-state index contributed by atoms with van der Waals surface area (Å²) in [5, 5.41) is 3.09. The number of sulfonamides is 1. The number of H-pyrrole nitrogens is 1. The third-order valence-electron chi connectivity index (χ3n) is 1.54. The van der Waals surface area contributed by atoms with Crippen LogP contribution in [0.1, 0.15) is 12.0 Å². The zero-order chi connectivity index (χ0) is 11.8. The number of aromatic amines is 1. The van der Waals surface area contributed by atoms with Crippen LogP contribution in [0.25, 0.3) is 0 Å². The first-order chi connectivity index (χ1) is 6.75. The van der Waals surface area contributed by atoms with E-state index in [0.717, 1.165) is 6.20 Å². The molecule has 0 aliphatic rings. The molecule has 0 saturated heterocycles. The van der Waals surface area contributed by atoms with Crippen LogP contribution in [0, 0.1) is 0 Å². The van der Waals surface area contributed by atoms with E-state index in [9.17, 15) is 22.0 Å². The first-order valence-corrected chi connectivity index (χ1v) is 5.39. The summed E-state index contributed by atoms with van der Waals surface area (Å²) >= 11 is 5.27. The van der Waals surface area contributed by atoms with Crippen LogP contribution < -0.4 is 10.6 Å². The highest BCUT2D eigenvalue weighted by molar-refractivity contribution is 7.89. The van der Waals surface area contributed by atoms with Crippen molar-refractivity contribution in [3.8, 4) is 0 Å². The van der Waals surface area contributed by atoms with Gasteiger partial charge in [0.05, 0.1) is 0 Å². The van der Waals surface area contributed by atoms with Gasteiger partial charge in [-0.05, 0) is 0 Å². The molecule has 0 spiro atoms. The number of hydrogen-bond acceptors (Lipinski definition) is 3. The molecule has 0 aliphatic heterocycles. The molecule has 1 heterocycles. The molecule has 9 heteroatoms. The molecule has 0 bridgehead atoms. The topological polar surface area (TPSA) is 93.0 Å². The fourth-order valence-electron chi connectivity index (χ4n) is 0.938. The molecule has 1 aromatic heterocycles. The van der Waals surface area contributed by atoms with Crippen molar-refractivity contribution in [1.29, 1.82) is 0 Å². The SMILES string of the molecule is NS(=O)(=O)c1[nH]cc(Cl)c(=O)c1C(F)F. The van der Waals surface area contributed by atoms with E-state index >= 15 is 0 Å². The van der Waals surface area contributed by atoms with E-state index in [0.29, 0.717) is 0 Å². The number of primary sulfonamides is 1. The summed E-state index contributed by atoms with van der Waals surface area (Å²) in [5.41, 5.74) is -2.50. The van der Waals surface area contributed by atoms with Crippen LogP contribution in [0.5, 0.6) is 0 Å². The Morgan fingerprint density at radius 2 is 2.00 bits per heavy atom. The zero-order valence-corrected chi connectivity index (χ0v) is 8.57. The lowest BCUT2D eigenvalue weighted by Crippen LogP contribution is -2.22. The van der Waals surface area contributed by atoms with E-state index in [1.54, 1.807) is 0 Å². The number of pyridine rings is 1. The van der Waals surface area contributed by atoms with E-state index in [2.05, 4.69) is 5.14 Å². The fourth-order valence-corrected chi connectivity index (χ4v) is 1.81. The Kier molecular flexibility index (Phi) is 3.12. The maximum Gasteiger partial charge on any atom is 0.270 e. The van der Waals surface area contributed by atoms with E-state index in [-0.39, 0.29) is 0 Å². The van der Waals surface area contributed by atoms with Crippen molar-refractivity contribution in [2.45, 2.75) is 11.5 Å². The minimum absolute atomic E-state index is 0.530. The predicted octanol–water partition coefficient (Wildman–Crippen LogP) is 0.613. The molecule has 0 aromatic carbocycles. The highest BCUT2D eigenvalue weighted by Gasteiger charge is 2.25. The summed E-state index contributed by atoms with van der Waals surface area (Å²) in [7, 11) is -4.41. The van der Waals surface area contributed by atoms with Crippen molar-refractivity contribution in [2.75, 3.05) is 0 Å². The van der Waals surface area contributed by atoms with Gasteiger partial charge in [-0.3, -0.25) is 4.79 Å². The van der Waals surface area contributed by atoms with E-state index in [1.165, 1.54) is 0 Å². The lowest BCUT2D eigenvalue weighted by Gasteiger charge is -2.05. The molecule has 1 rings (SSSR count). The van der Waals surface area contributed by atoms with Crippen LogP contribution in [0.15, 0.2) is 16.0 Å². The zero-order valence-electron chi connectivity index (χ0n) is 7.00. The summed E-state index contributed by atoms with van der Waals surface area (Å²) in [6.45, 7) is 0. The molecule has 0 amide bonds. The Morgan fingerprint density at radius 3 is 2.40 bits per heavy atom. The average Bonchev–Trinajstić information content (AvgIpc) is 2.06. The van der Waals surface area contributed by atoms with Crippen LogP contribution in [-0.2, 0) is 10.0 Å². The number of alkyl halides is 2. The van der Waals surface area contributed by atoms with E-state index in [1.807, 2.05) is 4.98 Å². The Hall–Kier alpha value is -0.990. The Bertz CT molecular complexity index is 540. The quantitative estimate of drug-likeness (QED) is 0.814. The predicted molar refractivity (Wildman–Crippen MR) is 48.4 cm³/mol. The first-order valence-electron chi connectivity index (χ1n) is 3.47. The molecule has 0 unspecified atom stereocenters. The summed E-state index contributed by atoms with van der Waals surface area (Å²) in [6, 6.07) is 0. The normalized spacial score (nSPS) is 12.1. The van der Waals surface area contributed by atoms with Crippen molar-refractivity contribution in [3.05, 3.63) is 27.0 Å². The van der Waals surface area contributed by atoms with Crippen LogP contribution in [-0.4, -0.2) is 13.4 Å². The smallest absolute Gasteiger partial charge is 0.270 e. The second-order valence-electron chi connectivity index (χ2n) is 2.55. The fraction of sp³-hybridized carbons (Fsp3) is 0.167. The summed E-state index contributed by atoms with van der Waals surface area (Å²) in [6.07, 6.45) is -2.49. The number of rotatable bonds is 2. The van der Waals surface area contributed by atoms with Crippen molar-refractivity contribution in [2.24, 2.45) is 5.14 Å². The summed E-state index contributed by atoms with van der Waals surface area (Å²) in [4.78, 5) is 13.1. The Labute approximate surface area is 87.9 Å². The minimum Gasteiger partial charge on any atom is -0.349 e. The van der Waals surface area contributed by atoms with Gasteiger partial charge in [-0.25, -0.2) is 22.3 Å². The molecule has 0 saturated carbocycles. The molecule has 84 valence electrons. The summed E-state index contributed by atoms with van der Waals surface area (Å²) in [5.74, 6) is 0. The molecule has 0 atom stereocenters. The number of nitrogens with two attached hydrogens (primary N) is 1. The van der Waals surface area contributed by atoms with Gasteiger partial charge in [0.15, 0.2) is 5.03 Å². The van der Waals surface area contributed by atoms with Crippen LogP contribution >= 0.6 is 11.6 Å². The molecule has 0 aliphatic carbocycles. The molecule has 3 N–H and O–H groups in total. The lowest BCUT2D eigenvalue weighted by molar-refractivity contribution is 0.145. The summed E-state index contributed by atoms with van der Waals surface area (Å²) < 4.78 is 46.5. The molecule has 5 nitrogen and oxygen atoms in total. The molecular formula is C6H5ClF2N2O3S. The highest BCUT2D eigenvalue weighted by atomic mass is 35.5. The molecule has 0 radical (unpaired) electrons. The second-order valence-corrected chi connectivity index (χ2v) is 4.46. The number of hydrogen-bond donors (Lipinski definition) is 2. The van der Waals surface area contributed by atoms with Crippen molar-refractivity contribution < 1.29 is 17.2 Å². The van der Waals surface area contributed by atoms with Gasteiger partial charge in [0.25, 0.3) is 16.4 Å². The maximum atomic E-state index is 12.4. The second kappa shape index (κ2) is 3.87. The van der Waals surface area contributed by atoms with Crippen LogP contribution in [0.3, 0.4) is 0 Å². The van der Waals surface area contributed by atoms with Crippen molar-refractivity contribution >= 4 is 21.6 Å². The molecule has 15 heavy (non-hydrogen) atoms. The minimum atomic E-state index is -4.41. The van der Waals surface area contributed by atoms with Crippen molar-refractivity contribution in [3.63, 3.8) is 0 Å². The molecular weight excluding hydrogens is 254 g/mol. The van der Waals surface area contributed by atoms with Crippen LogP contribution in [0.2, 0.25) is 5.02 Å². The monoisotopic (exact) mass is 258 g/mol. The largest absolute Gasteiger partial charge is 0.349 e. The maximum absolute atomic E-state index is 12.4. The number of halogens is 3. The highest BCUT2D eigenvalue weighted by Crippen LogP contribution is 2.21. The molecule has 1 aromatic rings. The Balaban J connectivity index is 3.70. The lowest BCUT2D eigenvalue weighted by atomic mass is 10.3. The van der Waals surface area contributed by atoms with Gasteiger partial charge in [0, 0.05) is 6.20 Å². The average molecular weight is 259 g/mol. The van der Waals surface area contributed by atoms with Gasteiger partial charge in [-0.1, -0.05) is 11.6 Å². The van der Waals surface area contributed by atoms with Gasteiger partial charge in [-0.2, -0.15) is 0 Å². The van der Waals surface area contributed by atoms with Gasteiger partial charge in [0.2, 0.25) is 5.43 Å². The van der Waals surface area contributed by atoms with Crippen molar-refractivity contribution in [1.82, 2.24) is 4.98 Å². The third kappa shape index (κ3) is 2.33. The van der Waals surface area contributed by atoms with Gasteiger partial charge in [-0.15, -0.1) is 0 Å². The molecule has 0 fully saturated rings. The van der Waals surface area contributed by atoms with Gasteiger partial charge >= 0.3 is 0 Å². The third-order valence-corrected chi connectivity index (χ3v) is 2.73.